The first-order chi connectivity index (χ1) is 6.06. The third kappa shape index (κ3) is 2.44. The van der Waals surface area contributed by atoms with Crippen molar-refractivity contribution in [2.24, 2.45) is 17.6 Å². The number of hydrogen-bond donors (Lipinski definition) is 1. The van der Waals surface area contributed by atoms with Gasteiger partial charge in [-0.15, -0.1) is 0 Å². The van der Waals surface area contributed by atoms with E-state index in [0.29, 0.717) is 12.1 Å². The normalized spacial score (nSPS) is 30.7. The minimum Gasteiger partial charge on any atom is -0.329 e. The van der Waals surface area contributed by atoms with Crippen LogP contribution in [0, 0.1) is 11.8 Å². The van der Waals surface area contributed by atoms with Crippen LogP contribution in [-0.4, -0.2) is 30.1 Å². The smallest absolute Gasteiger partial charge is 0.0224 e. The highest BCUT2D eigenvalue weighted by Crippen LogP contribution is 2.29. The second-order valence-electron chi connectivity index (χ2n) is 4.92. The van der Waals surface area contributed by atoms with Gasteiger partial charge in [0.05, 0.1) is 0 Å². The molecule has 0 aromatic rings. The lowest BCUT2D eigenvalue weighted by atomic mass is 9.93. The van der Waals surface area contributed by atoms with Crippen molar-refractivity contribution in [3.63, 3.8) is 0 Å². The molecule has 1 rings (SSSR count). The Morgan fingerprint density at radius 2 is 1.92 bits per heavy atom. The van der Waals surface area contributed by atoms with Gasteiger partial charge in [-0.3, -0.25) is 4.90 Å². The number of hydrogen-bond acceptors (Lipinski definition) is 2. The fraction of sp³-hybridized carbons (Fsp3) is 1.00. The van der Waals surface area contributed by atoms with E-state index in [2.05, 4.69) is 32.6 Å². The van der Waals surface area contributed by atoms with Crippen LogP contribution in [0.15, 0.2) is 0 Å². The molecule has 0 aliphatic carbocycles. The van der Waals surface area contributed by atoms with Crippen LogP contribution >= 0.6 is 0 Å². The van der Waals surface area contributed by atoms with E-state index in [-0.39, 0.29) is 0 Å². The van der Waals surface area contributed by atoms with Crippen LogP contribution in [0.5, 0.6) is 0 Å². The summed E-state index contributed by atoms with van der Waals surface area (Å²) in [5, 5.41) is 0. The van der Waals surface area contributed by atoms with Gasteiger partial charge in [-0.05, 0) is 32.1 Å². The molecular weight excluding hydrogens is 160 g/mol. The standard InChI is InChI=1S/C11H24N2/c1-8(2)10-5-11(6-12)13(7-10)9(3)4/h8-11H,5-7,12H2,1-4H3. The molecule has 13 heavy (non-hydrogen) atoms. The molecule has 78 valence electrons. The summed E-state index contributed by atoms with van der Waals surface area (Å²) in [6.07, 6.45) is 1.30. The molecule has 0 aromatic carbocycles. The first kappa shape index (κ1) is 11.0. The van der Waals surface area contributed by atoms with Crippen LogP contribution < -0.4 is 5.73 Å². The van der Waals surface area contributed by atoms with Crippen LogP contribution in [0.4, 0.5) is 0 Å². The molecule has 1 aliphatic heterocycles. The van der Waals surface area contributed by atoms with Gasteiger partial charge in [0, 0.05) is 25.2 Å². The Labute approximate surface area is 82.5 Å². The van der Waals surface area contributed by atoms with Gasteiger partial charge in [0.2, 0.25) is 0 Å². The van der Waals surface area contributed by atoms with Crippen LogP contribution in [-0.2, 0) is 0 Å². The fourth-order valence-corrected chi connectivity index (χ4v) is 2.33. The summed E-state index contributed by atoms with van der Waals surface area (Å²) in [4.78, 5) is 2.56. The average Bonchev–Trinajstić information content (AvgIpc) is 2.47. The molecule has 2 heteroatoms. The summed E-state index contributed by atoms with van der Waals surface area (Å²) in [6.45, 7) is 11.2. The van der Waals surface area contributed by atoms with Gasteiger partial charge in [-0.25, -0.2) is 0 Å². The van der Waals surface area contributed by atoms with Gasteiger partial charge in [-0.1, -0.05) is 13.8 Å². The van der Waals surface area contributed by atoms with Crippen molar-refractivity contribution in [2.45, 2.75) is 46.2 Å². The third-order valence-electron chi connectivity index (χ3n) is 3.37. The quantitative estimate of drug-likeness (QED) is 0.723. The van der Waals surface area contributed by atoms with Crippen LogP contribution in [0.2, 0.25) is 0 Å². The van der Waals surface area contributed by atoms with E-state index in [1.54, 1.807) is 0 Å². The van der Waals surface area contributed by atoms with Gasteiger partial charge in [-0.2, -0.15) is 0 Å². The van der Waals surface area contributed by atoms with E-state index >= 15 is 0 Å². The van der Waals surface area contributed by atoms with Gasteiger partial charge in [0.25, 0.3) is 0 Å². The topological polar surface area (TPSA) is 29.3 Å². The minimum absolute atomic E-state index is 0.632. The summed E-state index contributed by atoms with van der Waals surface area (Å²) in [5.41, 5.74) is 5.78. The summed E-state index contributed by atoms with van der Waals surface area (Å²) in [5.74, 6) is 1.66. The Hall–Kier alpha value is -0.0800. The number of likely N-dealkylation sites (tertiary alicyclic amines) is 1. The zero-order chi connectivity index (χ0) is 10.0. The first-order valence-corrected chi connectivity index (χ1v) is 5.52. The molecule has 0 aromatic heterocycles. The van der Waals surface area contributed by atoms with Crippen molar-refractivity contribution >= 4 is 0 Å². The van der Waals surface area contributed by atoms with Crippen molar-refractivity contribution in [1.29, 1.82) is 0 Å². The van der Waals surface area contributed by atoms with Gasteiger partial charge in [0.1, 0.15) is 0 Å². The Balaban J connectivity index is 2.56. The Morgan fingerprint density at radius 1 is 1.31 bits per heavy atom. The fourth-order valence-electron chi connectivity index (χ4n) is 2.33. The van der Waals surface area contributed by atoms with E-state index in [4.69, 9.17) is 5.73 Å². The van der Waals surface area contributed by atoms with Gasteiger partial charge < -0.3 is 5.73 Å². The lowest BCUT2D eigenvalue weighted by Gasteiger charge is -2.27. The maximum Gasteiger partial charge on any atom is 0.0224 e. The van der Waals surface area contributed by atoms with E-state index in [1.807, 2.05) is 0 Å². The monoisotopic (exact) mass is 184 g/mol. The SMILES string of the molecule is CC(C)C1CC(CN)N(C(C)C)C1. The molecule has 0 spiro atoms. The Morgan fingerprint density at radius 3 is 2.23 bits per heavy atom. The number of rotatable bonds is 3. The van der Waals surface area contributed by atoms with Crippen LogP contribution in [0.3, 0.4) is 0 Å². The molecule has 2 nitrogen and oxygen atoms in total. The highest BCUT2D eigenvalue weighted by molar-refractivity contribution is 4.88. The lowest BCUT2D eigenvalue weighted by Crippen LogP contribution is -2.40. The predicted molar refractivity (Wildman–Crippen MR) is 57.6 cm³/mol. The van der Waals surface area contributed by atoms with E-state index in [0.717, 1.165) is 18.4 Å². The summed E-state index contributed by atoms with van der Waals surface area (Å²) in [7, 11) is 0. The summed E-state index contributed by atoms with van der Waals surface area (Å²) in [6, 6.07) is 1.28. The molecule has 1 aliphatic rings. The highest BCUT2D eigenvalue weighted by atomic mass is 15.2. The zero-order valence-electron chi connectivity index (χ0n) is 9.46. The Kier molecular flexibility index (Phi) is 3.74. The largest absolute Gasteiger partial charge is 0.329 e. The van der Waals surface area contributed by atoms with Gasteiger partial charge in [0.15, 0.2) is 0 Å². The molecule has 1 saturated heterocycles. The molecule has 0 radical (unpaired) electrons. The molecule has 0 amide bonds. The second kappa shape index (κ2) is 4.43. The van der Waals surface area contributed by atoms with Crippen LogP contribution in [0.25, 0.3) is 0 Å². The van der Waals surface area contributed by atoms with E-state index < -0.39 is 0 Å². The molecule has 1 heterocycles. The van der Waals surface area contributed by atoms with Crippen molar-refractivity contribution < 1.29 is 0 Å². The van der Waals surface area contributed by atoms with Crippen molar-refractivity contribution in [2.75, 3.05) is 13.1 Å². The molecular formula is C11H24N2. The molecule has 0 bridgehead atoms. The maximum atomic E-state index is 5.78. The van der Waals surface area contributed by atoms with Crippen LogP contribution in [0.1, 0.15) is 34.1 Å². The molecule has 0 saturated carbocycles. The summed E-state index contributed by atoms with van der Waals surface area (Å²) < 4.78 is 0. The maximum absolute atomic E-state index is 5.78. The Bertz CT molecular complexity index is 154. The highest BCUT2D eigenvalue weighted by Gasteiger charge is 2.33. The van der Waals surface area contributed by atoms with Crippen molar-refractivity contribution in [1.82, 2.24) is 4.90 Å². The van der Waals surface area contributed by atoms with E-state index in [9.17, 15) is 0 Å². The van der Waals surface area contributed by atoms with Gasteiger partial charge >= 0.3 is 0 Å². The first-order valence-electron chi connectivity index (χ1n) is 5.52. The zero-order valence-corrected chi connectivity index (χ0v) is 9.46. The predicted octanol–water partition coefficient (Wildman–Crippen LogP) is 1.70. The number of nitrogens with zero attached hydrogens (tertiary/aromatic N) is 1. The molecule has 2 unspecified atom stereocenters. The van der Waals surface area contributed by atoms with E-state index in [1.165, 1.54) is 13.0 Å². The lowest BCUT2D eigenvalue weighted by molar-refractivity contribution is 0.201. The second-order valence-corrected chi connectivity index (χ2v) is 4.92. The molecule has 2 atom stereocenters. The minimum atomic E-state index is 0.632. The number of nitrogens with two attached hydrogens (primary N) is 1. The molecule has 1 fully saturated rings. The summed E-state index contributed by atoms with van der Waals surface area (Å²) >= 11 is 0. The van der Waals surface area contributed by atoms with Crippen molar-refractivity contribution in [3.8, 4) is 0 Å². The molecule has 2 N–H and O–H groups in total. The van der Waals surface area contributed by atoms with Crippen molar-refractivity contribution in [3.05, 3.63) is 0 Å². The average molecular weight is 184 g/mol. The third-order valence-corrected chi connectivity index (χ3v) is 3.37.